The van der Waals surface area contributed by atoms with Gasteiger partial charge in [-0.05, 0) is 36.4 Å². The van der Waals surface area contributed by atoms with Gasteiger partial charge in [0, 0.05) is 30.1 Å². The molecule has 2 N–H and O–H groups in total. The quantitative estimate of drug-likeness (QED) is 0.314. The number of para-hydroxylation sites is 1. The summed E-state index contributed by atoms with van der Waals surface area (Å²) in [6, 6.07) is 8.60. The molecule has 0 aliphatic carbocycles. The first-order valence-corrected chi connectivity index (χ1v) is 10.3. The van der Waals surface area contributed by atoms with Gasteiger partial charge in [-0.2, -0.15) is 8.78 Å². The summed E-state index contributed by atoms with van der Waals surface area (Å²) in [5.74, 6) is 0.535. The molecule has 164 valence electrons. The molecule has 0 spiro atoms. The van der Waals surface area contributed by atoms with E-state index in [0.29, 0.717) is 31.2 Å². The van der Waals surface area contributed by atoms with Crippen LogP contribution in [0.2, 0.25) is 0 Å². The van der Waals surface area contributed by atoms with E-state index in [9.17, 15) is 13.6 Å². The fraction of sp³-hybridized carbons (Fsp3) is 0.400. The lowest BCUT2D eigenvalue weighted by molar-refractivity contribution is -0.130. The molecule has 0 saturated heterocycles. The zero-order valence-corrected chi connectivity index (χ0v) is 19.7. The number of benzene rings is 1. The third kappa shape index (κ3) is 6.79. The van der Waals surface area contributed by atoms with Gasteiger partial charge in [0.25, 0.3) is 0 Å². The fourth-order valence-corrected chi connectivity index (χ4v) is 3.97. The van der Waals surface area contributed by atoms with Crippen molar-refractivity contribution in [1.29, 1.82) is 0 Å². The van der Waals surface area contributed by atoms with Gasteiger partial charge in [0.15, 0.2) is 5.96 Å². The van der Waals surface area contributed by atoms with Crippen LogP contribution in [0.5, 0.6) is 5.75 Å². The van der Waals surface area contributed by atoms with Gasteiger partial charge in [-0.1, -0.05) is 18.2 Å². The second kappa shape index (κ2) is 12.0. The SMILES string of the molecule is CCNC(=NCc1ccccc1OC(F)F)NCC(=O)N1CCc2sccc2C1.I. The number of carbonyl (C=O) groups is 1. The number of amides is 1. The average Bonchev–Trinajstić information content (AvgIpc) is 3.18. The molecular formula is C20H25F2IN4O2S. The largest absolute Gasteiger partial charge is 0.434 e. The van der Waals surface area contributed by atoms with Gasteiger partial charge in [0.05, 0.1) is 13.1 Å². The molecule has 1 aliphatic rings. The Labute approximate surface area is 195 Å². The van der Waals surface area contributed by atoms with E-state index in [4.69, 9.17) is 0 Å². The van der Waals surface area contributed by atoms with E-state index in [2.05, 4.69) is 31.8 Å². The van der Waals surface area contributed by atoms with Crippen LogP contribution in [-0.2, 0) is 24.3 Å². The predicted octanol–water partition coefficient (Wildman–Crippen LogP) is 3.61. The van der Waals surface area contributed by atoms with Crippen molar-refractivity contribution in [2.24, 2.45) is 4.99 Å². The van der Waals surface area contributed by atoms with E-state index in [1.807, 2.05) is 11.8 Å². The van der Waals surface area contributed by atoms with E-state index in [1.54, 1.807) is 29.5 Å². The van der Waals surface area contributed by atoms with Crippen molar-refractivity contribution in [1.82, 2.24) is 15.5 Å². The fourth-order valence-electron chi connectivity index (χ4n) is 3.08. The highest BCUT2D eigenvalue weighted by Crippen LogP contribution is 2.24. The Balaban J connectivity index is 0.00000320. The number of aliphatic imine (C=N–C) groups is 1. The Morgan fingerprint density at radius 1 is 1.30 bits per heavy atom. The third-order valence-electron chi connectivity index (χ3n) is 4.51. The Bertz CT molecular complexity index is 863. The first-order chi connectivity index (χ1) is 14.1. The van der Waals surface area contributed by atoms with Crippen molar-refractivity contribution in [3.8, 4) is 5.75 Å². The molecule has 0 saturated carbocycles. The summed E-state index contributed by atoms with van der Waals surface area (Å²) in [4.78, 5) is 20.1. The highest BCUT2D eigenvalue weighted by atomic mass is 127. The summed E-state index contributed by atoms with van der Waals surface area (Å²) in [5.41, 5.74) is 1.75. The number of hydrogen-bond acceptors (Lipinski definition) is 4. The first kappa shape index (κ1) is 24.3. The maximum Gasteiger partial charge on any atom is 0.387 e. The molecule has 10 heteroatoms. The van der Waals surface area contributed by atoms with Crippen LogP contribution in [0, 0.1) is 0 Å². The monoisotopic (exact) mass is 550 g/mol. The summed E-state index contributed by atoms with van der Waals surface area (Å²) in [6.45, 7) is 1.23. The molecule has 0 fully saturated rings. The zero-order valence-electron chi connectivity index (χ0n) is 16.6. The Morgan fingerprint density at radius 2 is 2.10 bits per heavy atom. The van der Waals surface area contributed by atoms with Crippen LogP contribution in [0.15, 0.2) is 40.7 Å². The van der Waals surface area contributed by atoms with Crippen molar-refractivity contribution >= 4 is 47.2 Å². The summed E-state index contributed by atoms with van der Waals surface area (Å²) < 4.78 is 29.6. The van der Waals surface area contributed by atoms with Crippen LogP contribution in [0.3, 0.4) is 0 Å². The number of alkyl halides is 2. The van der Waals surface area contributed by atoms with Crippen molar-refractivity contribution in [3.05, 3.63) is 51.7 Å². The Kier molecular flexibility index (Phi) is 9.76. The molecule has 30 heavy (non-hydrogen) atoms. The average molecular weight is 550 g/mol. The number of nitrogens with one attached hydrogen (secondary N) is 2. The number of ether oxygens (including phenoxy) is 1. The number of nitrogens with zero attached hydrogens (tertiary/aromatic N) is 2. The molecule has 6 nitrogen and oxygen atoms in total. The topological polar surface area (TPSA) is 66.0 Å². The standard InChI is InChI=1S/C20H24F2N4O2S.HI/c1-2-23-20(24-11-14-5-3-4-6-16(14)28-19(21)22)25-12-18(27)26-9-7-17-15(13-26)8-10-29-17;/h3-6,8,10,19H,2,7,9,11-13H2,1H3,(H2,23,24,25);1H. The van der Waals surface area contributed by atoms with Crippen LogP contribution >= 0.6 is 35.3 Å². The van der Waals surface area contributed by atoms with Crippen LogP contribution in [-0.4, -0.2) is 43.0 Å². The molecule has 0 atom stereocenters. The van der Waals surface area contributed by atoms with E-state index >= 15 is 0 Å². The minimum Gasteiger partial charge on any atom is -0.434 e. The van der Waals surface area contributed by atoms with E-state index in [0.717, 1.165) is 6.42 Å². The van der Waals surface area contributed by atoms with Gasteiger partial charge < -0.3 is 20.3 Å². The zero-order chi connectivity index (χ0) is 20.6. The van der Waals surface area contributed by atoms with Crippen LogP contribution in [0.25, 0.3) is 0 Å². The number of hydrogen-bond donors (Lipinski definition) is 2. The van der Waals surface area contributed by atoms with Crippen molar-refractivity contribution < 1.29 is 18.3 Å². The molecule has 1 aromatic heterocycles. The normalized spacial score (nSPS) is 13.5. The molecular weight excluding hydrogens is 525 g/mol. The van der Waals surface area contributed by atoms with Gasteiger partial charge >= 0.3 is 6.61 Å². The van der Waals surface area contributed by atoms with E-state index in [1.165, 1.54) is 16.5 Å². The van der Waals surface area contributed by atoms with Crippen molar-refractivity contribution in [2.45, 2.75) is 33.0 Å². The van der Waals surface area contributed by atoms with Crippen molar-refractivity contribution in [3.63, 3.8) is 0 Å². The molecule has 0 unspecified atom stereocenters. The van der Waals surface area contributed by atoms with Crippen LogP contribution < -0.4 is 15.4 Å². The van der Waals surface area contributed by atoms with E-state index in [-0.39, 0.29) is 48.7 Å². The number of rotatable bonds is 7. The summed E-state index contributed by atoms with van der Waals surface area (Å²) in [6.07, 6.45) is 0.883. The smallest absolute Gasteiger partial charge is 0.387 e. The van der Waals surface area contributed by atoms with E-state index < -0.39 is 6.61 Å². The molecule has 1 amide bonds. The summed E-state index contributed by atoms with van der Waals surface area (Å²) >= 11 is 1.73. The second-order valence-corrected chi connectivity index (χ2v) is 7.47. The van der Waals surface area contributed by atoms with Gasteiger partial charge in [-0.3, -0.25) is 4.79 Å². The molecule has 0 radical (unpaired) electrons. The van der Waals surface area contributed by atoms with Gasteiger partial charge in [0.2, 0.25) is 5.91 Å². The minimum atomic E-state index is -2.89. The van der Waals surface area contributed by atoms with Crippen LogP contribution in [0.1, 0.15) is 22.9 Å². The molecule has 0 bridgehead atoms. The maximum absolute atomic E-state index is 12.6. The predicted molar refractivity (Wildman–Crippen MR) is 125 cm³/mol. The number of guanidine groups is 1. The highest BCUT2D eigenvalue weighted by Gasteiger charge is 2.21. The summed E-state index contributed by atoms with van der Waals surface area (Å²) in [7, 11) is 0. The molecule has 2 heterocycles. The van der Waals surface area contributed by atoms with Crippen LogP contribution in [0.4, 0.5) is 8.78 Å². The first-order valence-electron chi connectivity index (χ1n) is 9.44. The number of carbonyl (C=O) groups excluding carboxylic acids is 1. The maximum atomic E-state index is 12.6. The lowest BCUT2D eigenvalue weighted by Crippen LogP contribution is -2.45. The second-order valence-electron chi connectivity index (χ2n) is 6.47. The molecule has 2 aromatic rings. The van der Waals surface area contributed by atoms with Gasteiger partial charge in [-0.15, -0.1) is 35.3 Å². The lowest BCUT2D eigenvalue weighted by Gasteiger charge is -2.27. The molecule has 1 aromatic carbocycles. The Morgan fingerprint density at radius 3 is 2.87 bits per heavy atom. The molecule has 1 aliphatic heterocycles. The summed E-state index contributed by atoms with van der Waals surface area (Å²) in [5, 5.41) is 8.15. The van der Waals surface area contributed by atoms with Crippen molar-refractivity contribution in [2.75, 3.05) is 19.6 Å². The third-order valence-corrected chi connectivity index (χ3v) is 5.53. The minimum absolute atomic E-state index is 0. The Hall–Kier alpha value is -1.95. The lowest BCUT2D eigenvalue weighted by atomic mass is 10.1. The number of thiophene rings is 1. The number of fused-ring (bicyclic) bond motifs is 1. The number of halogens is 3. The van der Waals surface area contributed by atoms with Gasteiger partial charge in [0.1, 0.15) is 5.75 Å². The highest BCUT2D eigenvalue weighted by molar-refractivity contribution is 14.0. The van der Waals surface area contributed by atoms with Gasteiger partial charge in [-0.25, -0.2) is 4.99 Å². The molecule has 3 rings (SSSR count).